The number of nitrogens with zero attached hydrogens (tertiary/aromatic N) is 2. The van der Waals surface area contributed by atoms with Crippen molar-refractivity contribution in [3.8, 4) is 6.07 Å². The molecule has 5 unspecified atom stereocenters. The van der Waals surface area contributed by atoms with Crippen LogP contribution in [0.1, 0.15) is 70.6 Å². The average molecular weight is 402 g/mol. The van der Waals surface area contributed by atoms with E-state index in [-0.39, 0.29) is 0 Å². The SMILES string of the molecule is N#CC1CCCC(CN2CNC3CCC(C4CCC(CNCCN)CC4)CC32)C1. The summed E-state index contributed by atoms with van der Waals surface area (Å²) < 4.78 is 0. The molecule has 164 valence electrons. The molecule has 0 spiro atoms. The van der Waals surface area contributed by atoms with Crippen LogP contribution in [-0.4, -0.2) is 49.8 Å². The number of nitriles is 1. The number of hydrogen-bond acceptors (Lipinski definition) is 5. The van der Waals surface area contributed by atoms with Crippen LogP contribution in [0.25, 0.3) is 0 Å². The predicted molar refractivity (Wildman–Crippen MR) is 118 cm³/mol. The molecule has 0 aromatic heterocycles. The molecule has 0 radical (unpaired) electrons. The fourth-order valence-corrected chi connectivity index (χ4v) is 6.98. The summed E-state index contributed by atoms with van der Waals surface area (Å²) in [6.07, 6.45) is 14.8. The van der Waals surface area contributed by atoms with E-state index in [0.29, 0.717) is 5.92 Å². The molecule has 5 atom stereocenters. The molecule has 29 heavy (non-hydrogen) atoms. The van der Waals surface area contributed by atoms with Crippen LogP contribution < -0.4 is 16.4 Å². The Labute approximate surface area is 178 Å². The van der Waals surface area contributed by atoms with Gasteiger partial charge in [0.15, 0.2) is 0 Å². The first-order chi connectivity index (χ1) is 14.3. The Morgan fingerprint density at radius 3 is 2.59 bits per heavy atom. The molecule has 4 aliphatic rings. The van der Waals surface area contributed by atoms with Crippen molar-refractivity contribution >= 4 is 0 Å². The van der Waals surface area contributed by atoms with Crippen molar-refractivity contribution in [3.05, 3.63) is 0 Å². The summed E-state index contributed by atoms with van der Waals surface area (Å²) in [4.78, 5) is 2.77. The van der Waals surface area contributed by atoms with Gasteiger partial charge in [-0.25, -0.2) is 0 Å². The van der Waals surface area contributed by atoms with Gasteiger partial charge in [0.25, 0.3) is 0 Å². The summed E-state index contributed by atoms with van der Waals surface area (Å²) in [6.45, 7) is 5.18. The lowest BCUT2D eigenvalue weighted by molar-refractivity contribution is 0.0958. The van der Waals surface area contributed by atoms with E-state index in [0.717, 1.165) is 68.4 Å². The van der Waals surface area contributed by atoms with E-state index in [1.807, 2.05) is 0 Å². The van der Waals surface area contributed by atoms with Crippen LogP contribution in [0.3, 0.4) is 0 Å². The molecule has 1 aliphatic heterocycles. The van der Waals surface area contributed by atoms with Gasteiger partial charge in [0.2, 0.25) is 0 Å². The van der Waals surface area contributed by atoms with E-state index in [1.54, 1.807) is 0 Å². The molecule has 1 heterocycles. The van der Waals surface area contributed by atoms with Gasteiger partial charge in [-0.1, -0.05) is 6.42 Å². The standard InChI is InChI=1S/C24H43N5/c25-10-11-27-15-18-4-6-21(7-5-18)22-8-9-23-24(13-22)29(17-28-23)16-20-3-1-2-19(12-20)14-26/h18-24,27-28H,1-13,15-17,25H2. The molecule has 5 nitrogen and oxygen atoms in total. The molecule has 0 amide bonds. The van der Waals surface area contributed by atoms with Crippen molar-refractivity contribution in [1.29, 1.82) is 5.26 Å². The highest BCUT2D eigenvalue weighted by Gasteiger charge is 2.42. The molecular weight excluding hydrogens is 358 g/mol. The molecule has 0 aromatic carbocycles. The van der Waals surface area contributed by atoms with Crippen LogP contribution >= 0.6 is 0 Å². The van der Waals surface area contributed by atoms with Gasteiger partial charge in [-0.3, -0.25) is 10.2 Å². The predicted octanol–water partition coefficient (Wildman–Crippen LogP) is 3.07. The third-order valence-corrected chi connectivity index (χ3v) is 8.65. The minimum Gasteiger partial charge on any atom is -0.329 e. The van der Waals surface area contributed by atoms with E-state index in [9.17, 15) is 5.26 Å². The van der Waals surface area contributed by atoms with Gasteiger partial charge in [-0.15, -0.1) is 0 Å². The molecule has 0 aromatic rings. The van der Waals surface area contributed by atoms with Crippen LogP contribution in [0.5, 0.6) is 0 Å². The minimum absolute atomic E-state index is 0.314. The molecule has 1 saturated heterocycles. The van der Waals surface area contributed by atoms with Crippen LogP contribution in [0.15, 0.2) is 0 Å². The highest BCUT2D eigenvalue weighted by atomic mass is 15.3. The van der Waals surface area contributed by atoms with Crippen LogP contribution in [-0.2, 0) is 0 Å². The third-order valence-electron chi connectivity index (χ3n) is 8.65. The maximum atomic E-state index is 9.33. The Morgan fingerprint density at radius 1 is 0.966 bits per heavy atom. The van der Waals surface area contributed by atoms with Crippen molar-refractivity contribution in [2.45, 2.75) is 82.7 Å². The number of hydrogen-bond donors (Lipinski definition) is 3. The first kappa shape index (κ1) is 21.6. The van der Waals surface area contributed by atoms with Crippen LogP contribution in [0.2, 0.25) is 0 Å². The second-order valence-electron chi connectivity index (χ2n) is 10.5. The van der Waals surface area contributed by atoms with Gasteiger partial charge in [0.1, 0.15) is 0 Å². The van der Waals surface area contributed by atoms with Gasteiger partial charge < -0.3 is 11.1 Å². The van der Waals surface area contributed by atoms with E-state index in [4.69, 9.17) is 5.73 Å². The Balaban J connectivity index is 1.25. The number of fused-ring (bicyclic) bond motifs is 1. The molecule has 3 aliphatic carbocycles. The van der Waals surface area contributed by atoms with Crippen molar-refractivity contribution in [2.75, 3.05) is 32.8 Å². The second-order valence-corrected chi connectivity index (χ2v) is 10.5. The first-order valence-corrected chi connectivity index (χ1v) is 12.5. The van der Waals surface area contributed by atoms with Gasteiger partial charge >= 0.3 is 0 Å². The Kier molecular flexibility index (Phi) is 7.86. The number of nitrogens with one attached hydrogen (secondary N) is 2. The largest absolute Gasteiger partial charge is 0.329 e. The zero-order valence-corrected chi connectivity index (χ0v) is 18.3. The van der Waals surface area contributed by atoms with Crippen molar-refractivity contribution in [1.82, 2.24) is 15.5 Å². The highest BCUT2D eigenvalue weighted by Crippen LogP contribution is 2.42. The topological polar surface area (TPSA) is 77.1 Å². The lowest BCUT2D eigenvalue weighted by Gasteiger charge is -2.42. The van der Waals surface area contributed by atoms with Gasteiger partial charge in [0.05, 0.1) is 6.07 Å². The molecule has 4 fully saturated rings. The Hall–Kier alpha value is -0.670. The van der Waals surface area contributed by atoms with Crippen LogP contribution in [0, 0.1) is 40.9 Å². The van der Waals surface area contributed by atoms with Crippen molar-refractivity contribution in [2.24, 2.45) is 35.3 Å². The van der Waals surface area contributed by atoms with Crippen molar-refractivity contribution < 1.29 is 0 Å². The van der Waals surface area contributed by atoms with Gasteiger partial charge in [-0.05, 0) is 94.4 Å². The monoisotopic (exact) mass is 401 g/mol. The molecule has 5 heteroatoms. The smallest absolute Gasteiger partial charge is 0.0655 e. The third kappa shape index (κ3) is 5.53. The van der Waals surface area contributed by atoms with E-state index >= 15 is 0 Å². The Bertz CT molecular complexity index is 538. The minimum atomic E-state index is 0.314. The fourth-order valence-electron chi connectivity index (χ4n) is 6.98. The van der Waals surface area contributed by atoms with E-state index in [2.05, 4.69) is 21.6 Å². The first-order valence-electron chi connectivity index (χ1n) is 12.5. The lowest BCUT2D eigenvalue weighted by Crippen LogP contribution is -2.45. The lowest BCUT2D eigenvalue weighted by atomic mass is 9.69. The summed E-state index contributed by atoms with van der Waals surface area (Å²) >= 11 is 0. The summed E-state index contributed by atoms with van der Waals surface area (Å²) in [5, 5.41) is 16.7. The average Bonchev–Trinajstić information content (AvgIpc) is 3.16. The summed E-state index contributed by atoms with van der Waals surface area (Å²) in [6, 6.07) is 4.01. The number of rotatable bonds is 7. The molecule has 4 N–H and O–H groups in total. The summed E-state index contributed by atoms with van der Waals surface area (Å²) in [5.41, 5.74) is 5.60. The summed E-state index contributed by atoms with van der Waals surface area (Å²) in [7, 11) is 0. The number of nitrogens with two attached hydrogens (primary N) is 1. The maximum absolute atomic E-state index is 9.33. The molecule has 3 saturated carbocycles. The zero-order valence-electron chi connectivity index (χ0n) is 18.3. The van der Waals surface area contributed by atoms with Crippen LogP contribution in [0.4, 0.5) is 0 Å². The van der Waals surface area contributed by atoms with Gasteiger partial charge in [-0.2, -0.15) is 5.26 Å². The Morgan fingerprint density at radius 2 is 1.79 bits per heavy atom. The summed E-state index contributed by atoms with van der Waals surface area (Å²) in [5.74, 6) is 3.83. The maximum Gasteiger partial charge on any atom is 0.0655 e. The van der Waals surface area contributed by atoms with E-state index < -0.39 is 0 Å². The van der Waals surface area contributed by atoms with Crippen molar-refractivity contribution in [3.63, 3.8) is 0 Å². The highest BCUT2D eigenvalue weighted by molar-refractivity contribution is 4.98. The fraction of sp³-hybridized carbons (Fsp3) is 0.958. The molecular formula is C24H43N5. The normalized spacial score (nSPS) is 41.0. The molecule has 4 rings (SSSR count). The van der Waals surface area contributed by atoms with Gasteiger partial charge in [0, 0.05) is 44.3 Å². The second kappa shape index (κ2) is 10.6. The van der Waals surface area contributed by atoms with E-state index in [1.165, 1.54) is 70.9 Å². The molecule has 0 bridgehead atoms. The quantitative estimate of drug-likeness (QED) is 0.572. The zero-order chi connectivity index (χ0) is 20.1.